The number of thiophene rings is 1. The van der Waals surface area contributed by atoms with Crippen LogP contribution in [0.4, 0.5) is 5.69 Å². The number of hydrogen-bond donors (Lipinski definition) is 0. The molecule has 2 aliphatic heterocycles. The Balaban J connectivity index is 1.34. The third-order valence-electron chi connectivity index (χ3n) is 6.09. The predicted octanol–water partition coefficient (Wildman–Crippen LogP) is 4.09. The van der Waals surface area contributed by atoms with E-state index in [4.69, 9.17) is 0 Å². The highest BCUT2D eigenvalue weighted by atomic mass is 127. The molecule has 2 saturated heterocycles. The molecule has 1 spiro atoms. The van der Waals surface area contributed by atoms with Gasteiger partial charge in [0.25, 0.3) is 0 Å². The number of likely N-dealkylation sites (tertiary alicyclic amines) is 1. The number of benzene rings is 1. The molecule has 0 unspecified atom stereocenters. The molecule has 0 bridgehead atoms. The third-order valence-corrected chi connectivity index (χ3v) is 8.03. The van der Waals surface area contributed by atoms with Gasteiger partial charge >= 0.3 is 0 Å². The molecule has 0 saturated carbocycles. The summed E-state index contributed by atoms with van der Waals surface area (Å²) >= 11 is 3.82. The number of piperidine rings is 1. The van der Waals surface area contributed by atoms with Crippen molar-refractivity contribution in [2.24, 2.45) is 0 Å². The summed E-state index contributed by atoms with van der Waals surface area (Å²) in [5, 5.41) is 0. The summed E-state index contributed by atoms with van der Waals surface area (Å²) in [5.41, 5.74) is 0.700. The van der Waals surface area contributed by atoms with Crippen LogP contribution in [-0.4, -0.2) is 60.4 Å². The van der Waals surface area contributed by atoms with Crippen LogP contribution in [0.25, 0.3) is 0 Å². The summed E-state index contributed by atoms with van der Waals surface area (Å²) in [7, 11) is 1.90. The zero-order valence-electron chi connectivity index (χ0n) is 16.6. The molecule has 0 radical (unpaired) electrons. The Morgan fingerprint density at radius 1 is 1.14 bits per heavy atom. The number of hydrogen-bond acceptors (Lipinski definition) is 5. The Hall–Kier alpha value is -1.45. The average molecular weight is 523 g/mol. The summed E-state index contributed by atoms with van der Waals surface area (Å²) in [5.74, 6) is 0.484. The molecule has 1 aromatic carbocycles. The summed E-state index contributed by atoms with van der Waals surface area (Å²) in [6.07, 6.45) is 3.14. The maximum absolute atomic E-state index is 13.1. The van der Waals surface area contributed by atoms with E-state index in [0.29, 0.717) is 13.1 Å². The lowest BCUT2D eigenvalue weighted by atomic mass is 9.85. The summed E-state index contributed by atoms with van der Waals surface area (Å²) in [4.78, 5) is 32.8. The van der Waals surface area contributed by atoms with Gasteiger partial charge in [-0.25, -0.2) is 0 Å². The van der Waals surface area contributed by atoms with Gasteiger partial charge in [0.15, 0.2) is 5.78 Å². The van der Waals surface area contributed by atoms with Gasteiger partial charge in [-0.05, 0) is 72.7 Å². The van der Waals surface area contributed by atoms with E-state index in [2.05, 4.69) is 44.5 Å². The lowest BCUT2D eigenvalue weighted by Crippen LogP contribution is -2.56. The van der Waals surface area contributed by atoms with E-state index in [1.165, 1.54) is 0 Å². The quantitative estimate of drug-likeness (QED) is 0.423. The van der Waals surface area contributed by atoms with Crippen molar-refractivity contribution in [2.75, 3.05) is 38.3 Å². The number of anilines is 1. The molecule has 7 heteroatoms. The molecule has 0 N–H and O–H groups in total. The van der Waals surface area contributed by atoms with Crippen LogP contribution in [0.3, 0.4) is 0 Å². The predicted molar refractivity (Wildman–Crippen MR) is 126 cm³/mol. The third kappa shape index (κ3) is 4.22. The summed E-state index contributed by atoms with van der Waals surface area (Å²) in [6, 6.07) is 14.2. The van der Waals surface area contributed by atoms with Crippen molar-refractivity contribution >= 4 is 51.3 Å². The van der Waals surface area contributed by atoms with E-state index < -0.39 is 5.54 Å². The smallest absolute Gasteiger partial charge is 0.249 e. The largest absolute Gasteiger partial charge is 0.339 e. The second kappa shape index (κ2) is 8.73. The van der Waals surface area contributed by atoms with Crippen molar-refractivity contribution < 1.29 is 9.59 Å². The molecule has 154 valence electrons. The second-order valence-electron chi connectivity index (χ2n) is 7.91. The van der Waals surface area contributed by atoms with Crippen molar-refractivity contribution in [1.82, 2.24) is 9.80 Å². The van der Waals surface area contributed by atoms with Gasteiger partial charge in [-0.3, -0.25) is 9.59 Å². The summed E-state index contributed by atoms with van der Waals surface area (Å²) < 4.78 is 1.15. The summed E-state index contributed by atoms with van der Waals surface area (Å²) in [6.45, 7) is 3.36. The van der Waals surface area contributed by atoms with Crippen molar-refractivity contribution in [3.63, 3.8) is 0 Å². The van der Waals surface area contributed by atoms with E-state index >= 15 is 0 Å². The number of rotatable bonds is 6. The number of amides is 1. The van der Waals surface area contributed by atoms with Gasteiger partial charge in [-0.1, -0.05) is 18.2 Å². The van der Waals surface area contributed by atoms with Crippen LogP contribution in [-0.2, 0) is 4.79 Å². The number of para-hydroxylation sites is 1. The zero-order chi connectivity index (χ0) is 20.4. The first-order valence-electron chi connectivity index (χ1n) is 10.1. The van der Waals surface area contributed by atoms with Crippen LogP contribution in [0.15, 0.2) is 42.5 Å². The Bertz CT molecular complexity index is 877. The zero-order valence-corrected chi connectivity index (χ0v) is 19.6. The number of Topliss-reactive ketones (excluding diaryl/α,β-unsaturated/α-hetero) is 1. The highest BCUT2D eigenvalue weighted by Gasteiger charge is 2.52. The first kappa shape index (κ1) is 20.8. The van der Waals surface area contributed by atoms with Crippen molar-refractivity contribution in [3.8, 4) is 0 Å². The molecular formula is C22H26IN3O2S. The fourth-order valence-corrected chi connectivity index (χ4v) is 6.09. The molecule has 2 fully saturated rings. The van der Waals surface area contributed by atoms with Gasteiger partial charge in [0, 0.05) is 32.2 Å². The van der Waals surface area contributed by atoms with Crippen LogP contribution in [0.5, 0.6) is 0 Å². The van der Waals surface area contributed by atoms with Crippen molar-refractivity contribution in [3.05, 3.63) is 50.2 Å². The number of likely N-dealkylation sites (N-methyl/N-ethyl adjacent to an activating group) is 1. The molecule has 0 aliphatic carbocycles. The highest BCUT2D eigenvalue weighted by molar-refractivity contribution is 14.1. The Morgan fingerprint density at radius 2 is 1.86 bits per heavy atom. The average Bonchev–Trinajstić information content (AvgIpc) is 3.28. The van der Waals surface area contributed by atoms with E-state index in [-0.39, 0.29) is 11.7 Å². The minimum atomic E-state index is -0.421. The van der Waals surface area contributed by atoms with Crippen LogP contribution < -0.4 is 4.90 Å². The van der Waals surface area contributed by atoms with Gasteiger partial charge < -0.3 is 14.7 Å². The van der Waals surface area contributed by atoms with Gasteiger partial charge in [-0.15, -0.1) is 11.3 Å². The van der Waals surface area contributed by atoms with Crippen LogP contribution in [0, 0.1) is 2.88 Å². The van der Waals surface area contributed by atoms with Gasteiger partial charge in [0.2, 0.25) is 5.91 Å². The number of nitrogens with zero attached hydrogens (tertiary/aromatic N) is 3. The monoisotopic (exact) mass is 523 g/mol. The van der Waals surface area contributed by atoms with Gasteiger partial charge in [0.05, 0.1) is 14.4 Å². The van der Waals surface area contributed by atoms with Gasteiger partial charge in [-0.2, -0.15) is 0 Å². The molecule has 2 aliphatic rings. The molecule has 1 aromatic heterocycles. The SMILES string of the molecule is CN1CN(c2ccccc2)C2(CCN(CCCC(=O)c3ccc(I)s3)CC2)C1=O. The molecular weight excluding hydrogens is 497 g/mol. The topological polar surface area (TPSA) is 43.9 Å². The lowest BCUT2D eigenvalue weighted by molar-refractivity contribution is -0.132. The Kier molecular flexibility index (Phi) is 6.27. The Labute approximate surface area is 189 Å². The normalized spacial score (nSPS) is 19.3. The minimum Gasteiger partial charge on any atom is -0.339 e. The number of carbonyl (C=O) groups is 2. The minimum absolute atomic E-state index is 0.239. The molecule has 1 amide bonds. The van der Waals surface area contributed by atoms with Gasteiger partial charge in [0.1, 0.15) is 5.54 Å². The Morgan fingerprint density at radius 3 is 2.52 bits per heavy atom. The molecule has 2 aromatic rings. The number of carbonyl (C=O) groups excluding carboxylic acids is 2. The fourth-order valence-electron chi connectivity index (χ4n) is 4.50. The first-order chi connectivity index (χ1) is 14.0. The number of ketones is 1. The maximum atomic E-state index is 13.1. The molecule has 29 heavy (non-hydrogen) atoms. The highest BCUT2D eigenvalue weighted by Crippen LogP contribution is 2.38. The lowest BCUT2D eigenvalue weighted by Gasteiger charge is -2.43. The standard InChI is InChI=1S/C22H26IN3O2S/c1-24-16-26(17-6-3-2-4-7-17)22(21(24)28)11-14-25(15-12-22)13-5-8-18(27)19-9-10-20(23)29-19/h2-4,6-7,9-10H,5,8,11-16H2,1H3. The fraction of sp³-hybridized carbons (Fsp3) is 0.455. The van der Waals surface area contributed by atoms with Crippen molar-refractivity contribution in [1.29, 1.82) is 0 Å². The molecule has 5 nitrogen and oxygen atoms in total. The van der Waals surface area contributed by atoms with Crippen molar-refractivity contribution in [2.45, 2.75) is 31.2 Å². The molecule has 0 atom stereocenters. The van der Waals surface area contributed by atoms with E-state index in [1.807, 2.05) is 42.3 Å². The van der Waals surface area contributed by atoms with Crippen LogP contribution >= 0.6 is 33.9 Å². The maximum Gasteiger partial charge on any atom is 0.249 e. The molecule has 3 heterocycles. The number of halogens is 1. The molecule has 4 rings (SSSR count). The first-order valence-corrected chi connectivity index (χ1v) is 12.0. The second-order valence-corrected chi connectivity index (χ2v) is 10.9. The van der Waals surface area contributed by atoms with E-state index in [1.54, 1.807) is 11.3 Å². The van der Waals surface area contributed by atoms with E-state index in [9.17, 15) is 9.59 Å². The van der Waals surface area contributed by atoms with Crippen LogP contribution in [0.2, 0.25) is 0 Å². The van der Waals surface area contributed by atoms with E-state index in [0.717, 1.165) is 52.3 Å². The van der Waals surface area contributed by atoms with Crippen LogP contribution in [0.1, 0.15) is 35.4 Å².